The van der Waals surface area contributed by atoms with E-state index in [0.29, 0.717) is 6.54 Å². The second-order valence-corrected chi connectivity index (χ2v) is 5.71. The number of piperazine rings is 1. The van der Waals surface area contributed by atoms with Gasteiger partial charge >= 0.3 is 0 Å². The number of halogens is 2. The summed E-state index contributed by atoms with van der Waals surface area (Å²) in [6, 6.07) is 4.05. The standard InChI is InChI=1S/C16H23F2N3O/c1-20-9-11-21(12-10-20)8-7-19-15(22)6-5-13-3-2-4-14(17)16(13)18/h2-4H,5-12H2,1H3,(H,19,22). The molecule has 1 amide bonds. The van der Waals surface area contributed by atoms with E-state index in [1.165, 1.54) is 12.1 Å². The van der Waals surface area contributed by atoms with E-state index in [4.69, 9.17) is 0 Å². The van der Waals surface area contributed by atoms with Gasteiger partial charge in [0.2, 0.25) is 5.91 Å². The molecule has 1 fully saturated rings. The van der Waals surface area contributed by atoms with E-state index < -0.39 is 11.6 Å². The number of hydrogen-bond donors (Lipinski definition) is 1. The van der Waals surface area contributed by atoms with E-state index in [1.807, 2.05) is 0 Å². The fourth-order valence-corrected chi connectivity index (χ4v) is 2.50. The third-order valence-corrected chi connectivity index (χ3v) is 4.00. The highest BCUT2D eigenvalue weighted by Gasteiger charge is 2.13. The molecule has 0 saturated carbocycles. The Bertz CT molecular complexity index is 502. The Morgan fingerprint density at radius 2 is 1.95 bits per heavy atom. The molecule has 4 nitrogen and oxygen atoms in total. The number of carbonyl (C=O) groups excluding carboxylic acids is 1. The first kappa shape index (κ1) is 16.8. The molecule has 1 aliphatic heterocycles. The second kappa shape index (κ2) is 8.19. The van der Waals surface area contributed by atoms with Crippen LogP contribution in [0.25, 0.3) is 0 Å². The maximum atomic E-state index is 13.5. The van der Waals surface area contributed by atoms with Crippen molar-refractivity contribution in [2.75, 3.05) is 46.3 Å². The predicted octanol–water partition coefficient (Wildman–Crippen LogP) is 1.26. The van der Waals surface area contributed by atoms with Gasteiger partial charge in [-0.15, -0.1) is 0 Å². The Labute approximate surface area is 130 Å². The van der Waals surface area contributed by atoms with Crippen molar-refractivity contribution < 1.29 is 13.6 Å². The smallest absolute Gasteiger partial charge is 0.220 e. The number of amides is 1. The van der Waals surface area contributed by atoms with Crippen LogP contribution in [0.2, 0.25) is 0 Å². The molecular weight excluding hydrogens is 288 g/mol. The predicted molar refractivity (Wildman–Crippen MR) is 81.6 cm³/mol. The summed E-state index contributed by atoms with van der Waals surface area (Å²) in [5, 5.41) is 2.84. The summed E-state index contributed by atoms with van der Waals surface area (Å²) in [6.07, 6.45) is 0.382. The Hall–Kier alpha value is -1.53. The molecule has 1 heterocycles. The molecule has 0 bridgehead atoms. The number of likely N-dealkylation sites (N-methyl/N-ethyl adjacent to an activating group) is 1. The van der Waals surface area contributed by atoms with Crippen molar-refractivity contribution in [3.63, 3.8) is 0 Å². The van der Waals surface area contributed by atoms with Gasteiger partial charge in [-0.3, -0.25) is 9.69 Å². The SMILES string of the molecule is CN1CCN(CCNC(=O)CCc2cccc(F)c2F)CC1. The maximum absolute atomic E-state index is 13.5. The van der Waals surface area contributed by atoms with Crippen LogP contribution in [0.1, 0.15) is 12.0 Å². The highest BCUT2D eigenvalue weighted by Crippen LogP contribution is 2.13. The summed E-state index contributed by atoms with van der Waals surface area (Å²) in [4.78, 5) is 16.3. The molecule has 0 spiro atoms. The Morgan fingerprint density at radius 3 is 2.68 bits per heavy atom. The van der Waals surface area contributed by atoms with Crippen molar-refractivity contribution in [3.05, 3.63) is 35.4 Å². The van der Waals surface area contributed by atoms with Crippen molar-refractivity contribution in [1.82, 2.24) is 15.1 Å². The average molecular weight is 311 g/mol. The molecule has 0 aromatic heterocycles. The topological polar surface area (TPSA) is 35.6 Å². The third kappa shape index (κ3) is 5.03. The number of rotatable bonds is 6. The van der Waals surface area contributed by atoms with Crippen LogP contribution in [0.15, 0.2) is 18.2 Å². The van der Waals surface area contributed by atoms with Crippen molar-refractivity contribution in [1.29, 1.82) is 0 Å². The van der Waals surface area contributed by atoms with Crippen molar-refractivity contribution in [2.45, 2.75) is 12.8 Å². The van der Waals surface area contributed by atoms with Crippen LogP contribution in [-0.4, -0.2) is 62.0 Å². The van der Waals surface area contributed by atoms with Gasteiger partial charge in [-0.25, -0.2) is 8.78 Å². The van der Waals surface area contributed by atoms with Crippen molar-refractivity contribution in [3.8, 4) is 0 Å². The zero-order valence-electron chi connectivity index (χ0n) is 12.9. The van der Waals surface area contributed by atoms with Crippen molar-refractivity contribution in [2.24, 2.45) is 0 Å². The Kier molecular flexibility index (Phi) is 6.27. The quantitative estimate of drug-likeness (QED) is 0.859. The second-order valence-electron chi connectivity index (χ2n) is 5.71. The van der Waals surface area contributed by atoms with Crippen LogP contribution in [0.4, 0.5) is 8.78 Å². The fraction of sp³-hybridized carbons (Fsp3) is 0.562. The minimum absolute atomic E-state index is 0.127. The molecule has 1 aromatic rings. The van der Waals surface area contributed by atoms with Gasteiger partial charge in [-0.05, 0) is 25.1 Å². The van der Waals surface area contributed by atoms with Gasteiger partial charge in [0.05, 0.1) is 0 Å². The molecule has 122 valence electrons. The number of carbonyl (C=O) groups is 1. The lowest BCUT2D eigenvalue weighted by molar-refractivity contribution is -0.121. The molecule has 1 saturated heterocycles. The number of hydrogen-bond acceptors (Lipinski definition) is 3. The number of nitrogens with zero attached hydrogens (tertiary/aromatic N) is 2. The molecular formula is C16H23F2N3O. The van der Waals surface area contributed by atoms with E-state index in [2.05, 4.69) is 22.2 Å². The first-order valence-corrected chi connectivity index (χ1v) is 7.67. The first-order chi connectivity index (χ1) is 10.6. The van der Waals surface area contributed by atoms with Crippen LogP contribution in [0.5, 0.6) is 0 Å². The van der Waals surface area contributed by atoms with Gasteiger partial charge in [0.15, 0.2) is 11.6 Å². The monoisotopic (exact) mass is 311 g/mol. The number of benzene rings is 1. The molecule has 0 unspecified atom stereocenters. The van der Waals surface area contributed by atoms with Crippen LogP contribution < -0.4 is 5.32 Å². The van der Waals surface area contributed by atoms with Gasteiger partial charge in [0.25, 0.3) is 0 Å². The van der Waals surface area contributed by atoms with E-state index in [9.17, 15) is 13.6 Å². The van der Waals surface area contributed by atoms with Gasteiger partial charge in [-0.2, -0.15) is 0 Å². The number of aryl methyl sites for hydroxylation is 1. The van der Waals surface area contributed by atoms with Crippen LogP contribution >= 0.6 is 0 Å². The molecule has 6 heteroatoms. The zero-order valence-corrected chi connectivity index (χ0v) is 12.9. The summed E-state index contributed by atoms with van der Waals surface area (Å²) >= 11 is 0. The summed E-state index contributed by atoms with van der Waals surface area (Å²) in [7, 11) is 2.10. The van der Waals surface area contributed by atoms with E-state index in [0.717, 1.165) is 38.8 Å². The van der Waals surface area contributed by atoms with Gasteiger partial charge < -0.3 is 10.2 Å². The highest BCUT2D eigenvalue weighted by atomic mass is 19.2. The Morgan fingerprint density at radius 1 is 1.23 bits per heavy atom. The lowest BCUT2D eigenvalue weighted by Gasteiger charge is -2.32. The van der Waals surface area contributed by atoms with Crippen molar-refractivity contribution >= 4 is 5.91 Å². The molecule has 22 heavy (non-hydrogen) atoms. The van der Waals surface area contributed by atoms with Gasteiger partial charge in [0, 0.05) is 45.7 Å². The van der Waals surface area contributed by atoms with E-state index >= 15 is 0 Å². The summed E-state index contributed by atoms with van der Waals surface area (Å²) in [6.45, 7) is 5.55. The molecule has 1 N–H and O–H groups in total. The highest BCUT2D eigenvalue weighted by molar-refractivity contribution is 5.76. The zero-order chi connectivity index (χ0) is 15.9. The first-order valence-electron chi connectivity index (χ1n) is 7.67. The maximum Gasteiger partial charge on any atom is 0.220 e. The van der Waals surface area contributed by atoms with Gasteiger partial charge in [0.1, 0.15) is 0 Å². The normalized spacial score (nSPS) is 16.7. The van der Waals surface area contributed by atoms with Crippen LogP contribution in [-0.2, 0) is 11.2 Å². The molecule has 2 rings (SSSR count). The molecule has 0 radical (unpaired) electrons. The minimum atomic E-state index is -0.868. The summed E-state index contributed by atoms with van der Waals surface area (Å²) < 4.78 is 26.5. The third-order valence-electron chi connectivity index (χ3n) is 4.00. The van der Waals surface area contributed by atoms with E-state index in [1.54, 1.807) is 0 Å². The minimum Gasteiger partial charge on any atom is -0.355 e. The molecule has 0 aliphatic carbocycles. The largest absolute Gasteiger partial charge is 0.355 e. The van der Waals surface area contributed by atoms with Crippen LogP contribution in [0, 0.1) is 11.6 Å². The Balaban J connectivity index is 1.65. The van der Waals surface area contributed by atoms with Gasteiger partial charge in [-0.1, -0.05) is 12.1 Å². The lowest BCUT2D eigenvalue weighted by Crippen LogP contribution is -2.46. The molecule has 1 aromatic carbocycles. The summed E-state index contributed by atoms with van der Waals surface area (Å²) in [5.74, 6) is -1.85. The van der Waals surface area contributed by atoms with Crippen LogP contribution in [0.3, 0.4) is 0 Å². The van der Waals surface area contributed by atoms with E-state index in [-0.39, 0.29) is 24.3 Å². The molecule has 1 aliphatic rings. The molecule has 0 atom stereocenters. The number of nitrogens with one attached hydrogen (secondary N) is 1. The fourth-order valence-electron chi connectivity index (χ4n) is 2.50. The summed E-state index contributed by atoms with van der Waals surface area (Å²) in [5.41, 5.74) is 0.245. The average Bonchev–Trinajstić information content (AvgIpc) is 2.51. The lowest BCUT2D eigenvalue weighted by atomic mass is 10.1.